The minimum Gasteiger partial charge on any atom is -0.465 e. The highest BCUT2D eigenvalue weighted by atomic mass is 16.4. The minimum atomic E-state index is -0.865. The summed E-state index contributed by atoms with van der Waals surface area (Å²) in [6.45, 7) is 3.04. The third-order valence-corrected chi connectivity index (χ3v) is 6.76. The van der Waals surface area contributed by atoms with Crippen LogP contribution in [0.5, 0.6) is 0 Å². The number of nitrogens with one attached hydrogen (secondary N) is 2. The van der Waals surface area contributed by atoms with Crippen LogP contribution < -0.4 is 10.6 Å². The zero-order chi connectivity index (χ0) is 26.5. The number of carbonyl (C=O) groups excluding carboxylic acids is 1. The van der Waals surface area contributed by atoms with Crippen molar-refractivity contribution >= 4 is 29.3 Å². The topological polar surface area (TPSA) is 120 Å². The number of carboxylic acid groups (broad SMARTS) is 1. The third-order valence-electron chi connectivity index (χ3n) is 6.76. The molecule has 3 N–H and O–H groups in total. The highest BCUT2D eigenvalue weighted by molar-refractivity contribution is 6.04. The van der Waals surface area contributed by atoms with E-state index < -0.39 is 6.09 Å². The number of aryl methyl sites for hydroxylation is 1. The quantitative estimate of drug-likeness (QED) is 0.305. The summed E-state index contributed by atoms with van der Waals surface area (Å²) in [7, 11) is 0. The summed E-state index contributed by atoms with van der Waals surface area (Å²) >= 11 is 0. The van der Waals surface area contributed by atoms with E-state index in [2.05, 4.69) is 25.6 Å². The Bertz CT molecular complexity index is 1430. The number of benzene rings is 2. The molecule has 38 heavy (non-hydrogen) atoms. The molecule has 2 amide bonds. The Morgan fingerprint density at radius 3 is 2.50 bits per heavy atom. The number of piperidine rings is 1. The first-order valence-electron chi connectivity index (χ1n) is 12.5. The Morgan fingerprint density at radius 1 is 1.00 bits per heavy atom. The van der Waals surface area contributed by atoms with E-state index in [-0.39, 0.29) is 5.91 Å². The van der Waals surface area contributed by atoms with Crippen LogP contribution in [0.1, 0.15) is 40.2 Å². The second kappa shape index (κ2) is 11.1. The van der Waals surface area contributed by atoms with Gasteiger partial charge in [0.15, 0.2) is 0 Å². The van der Waals surface area contributed by atoms with E-state index in [1.807, 2.05) is 67.6 Å². The molecular weight excluding hydrogens is 480 g/mol. The van der Waals surface area contributed by atoms with Crippen LogP contribution in [-0.4, -0.2) is 50.0 Å². The van der Waals surface area contributed by atoms with Crippen molar-refractivity contribution in [2.75, 3.05) is 23.7 Å². The normalized spacial score (nSPS) is 13.7. The number of rotatable bonds is 6. The number of carbonyl (C=O) groups is 2. The number of nitrogens with zero attached hydrogens (tertiary/aromatic N) is 4. The first-order valence-corrected chi connectivity index (χ1v) is 12.5. The van der Waals surface area contributed by atoms with Crippen LogP contribution in [0.15, 0.2) is 79.3 Å². The van der Waals surface area contributed by atoms with E-state index in [0.717, 1.165) is 40.9 Å². The zero-order valence-electron chi connectivity index (χ0n) is 21.0. The van der Waals surface area contributed by atoms with Gasteiger partial charge >= 0.3 is 6.09 Å². The van der Waals surface area contributed by atoms with E-state index in [0.29, 0.717) is 36.2 Å². The van der Waals surface area contributed by atoms with Gasteiger partial charge in [0.25, 0.3) is 5.91 Å². The molecule has 1 saturated heterocycles. The Balaban J connectivity index is 1.24. The maximum absolute atomic E-state index is 12.9. The molecule has 0 saturated carbocycles. The van der Waals surface area contributed by atoms with Gasteiger partial charge in [0.2, 0.25) is 5.95 Å². The molecule has 0 atom stereocenters. The van der Waals surface area contributed by atoms with Gasteiger partial charge in [0, 0.05) is 54.2 Å². The molecule has 2 aromatic heterocycles. The second-order valence-corrected chi connectivity index (χ2v) is 9.28. The number of aromatic nitrogens is 3. The minimum absolute atomic E-state index is 0.207. The summed E-state index contributed by atoms with van der Waals surface area (Å²) in [5.74, 6) is 0.539. The fraction of sp³-hybridized carbons (Fsp3) is 0.207. The molecule has 1 fully saturated rings. The van der Waals surface area contributed by atoms with Gasteiger partial charge in [-0.05, 0) is 79.3 Å². The molecule has 0 aliphatic carbocycles. The third kappa shape index (κ3) is 5.78. The molecule has 9 heteroatoms. The van der Waals surface area contributed by atoms with Gasteiger partial charge in [0.1, 0.15) is 0 Å². The van der Waals surface area contributed by atoms with Gasteiger partial charge in [-0.25, -0.2) is 14.8 Å². The number of hydrogen-bond donors (Lipinski definition) is 3. The number of hydrogen-bond acceptors (Lipinski definition) is 6. The molecule has 9 nitrogen and oxygen atoms in total. The highest BCUT2D eigenvalue weighted by Gasteiger charge is 2.23. The molecule has 4 aromatic rings. The van der Waals surface area contributed by atoms with Crippen molar-refractivity contribution in [2.45, 2.75) is 25.7 Å². The summed E-state index contributed by atoms with van der Waals surface area (Å²) in [5.41, 5.74) is 5.75. The van der Waals surface area contributed by atoms with Crippen LogP contribution in [0.2, 0.25) is 0 Å². The van der Waals surface area contributed by atoms with Crippen LogP contribution in [-0.2, 0) is 0 Å². The zero-order valence-corrected chi connectivity index (χ0v) is 21.0. The van der Waals surface area contributed by atoms with E-state index in [9.17, 15) is 9.59 Å². The molecule has 3 heterocycles. The predicted molar refractivity (Wildman–Crippen MR) is 146 cm³/mol. The van der Waals surface area contributed by atoms with Crippen LogP contribution in [0.4, 0.5) is 22.1 Å². The molecular formula is C29H28N6O3. The smallest absolute Gasteiger partial charge is 0.407 e. The lowest BCUT2D eigenvalue weighted by atomic mass is 9.89. The molecule has 5 rings (SSSR count). The first-order chi connectivity index (χ1) is 18.5. The molecule has 192 valence electrons. The number of amides is 2. The van der Waals surface area contributed by atoms with Crippen LogP contribution in [0, 0.1) is 6.92 Å². The maximum atomic E-state index is 12.9. The molecule has 2 aromatic carbocycles. The molecule has 0 radical (unpaired) electrons. The van der Waals surface area contributed by atoms with Crippen molar-refractivity contribution in [3.63, 3.8) is 0 Å². The lowest BCUT2D eigenvalue weighted by Gasteiger charge is -2.30. The Hall–Kier alpha value is -4.79. The van der Waals surface area contributed by atoms with Crippen molar-refractivity contribution in [3.05, 3.63) is 95.9 Å². The monoisotopic (exact) mass is 508 g/mol. The highest BCUT2D eigenvalue weighted by Crippen LogP contribution is 2.29. The molecule has 0 spiro atoms. The van der Waals surface area contributed by atoms with Gasteiger partial charge in [-0.15, -0.1) is 0 Å². The van der Waals surface area contributed by atoms with Crippen LogP contribution in [0.3, 0.4) is 0 Å². The number of pyridine rings is 1. The lowest BCUT2D eigenvalue weighted by molar-refractivity contribution is 0.102. The van der Waals surface area contributed by atoms with Gasteiger partial charge in [-0.1, -0.05) is 18.2 Å². The van der Waals surface area contributed by atoms with Crippen molar-refractivity contribution < 1.29 is 14.7 Å². The van der Waals surface area contributed by atoms with Crippen LogP contribution in [0.25, 0.3) is 11.3 Å². The van der Waals surface area contributed by atoms with E-state index in [1.165, 1.54) is 4.90 Å². The predicted octanol–water partition coefficient (Wildman–Crippen LogP) is 5.70. The summed E-state index contributed by atoms with van der Waals surface area (Å²) in [5, 5.41) is 15.4. The summed E-state index contributed by atoms with van der Waals surface area (Å²) in [4.78, 5) is 38.6. The maximum Gasteiger partial charge on any atom is 0.407 e. The molecule has 1 aliphatic heterocycles. The van der Waals surface area contributed by atoms with Crippen molar-refractivity contribution in [3.8, 4) is 11.3 Å². The molecule has 0 unspecified atom stereocenters. The van der Waals surface area contributed by atoms with Gasteiger partial charge in [0.05, 0.1) is 5.69 Å². The van der Waals surface area contributed by atoms with Crippen molar-refractivity contribution in [2.24, 2.45) is 0 Å². The first kappa shape index (κ1) is 24.9. The van der Waals surface area contributed by atoms with Crippen molar-refractivity contribution in [1.29, 1.82) is 0 Å². The molecule has 0 bridgehead atoms. The van der Waals surface area contributed by atoms with Gasteiger partial charge in [-0.3, -0.25) is 9.78 Å². The fourth-order valence-corrected chi connectivity index (χ4v) is 4.56. The fourth-order valence-electron chi connectivity index (χ4n) is 4.56. The summed E-state index contributed by atoms with van der Waals surface area (Å²) in [6, 6.07) is 18.8. The number of likely N-dealkylation sites (tertiary alicyclic amines) is 1. The SMILES string of the molecule is Cc1ccc(NC(=O)c2ccc(C3CCN(C(=O)O)CC3)cc2)cc1Nc1nccc(-c2cccnc2)n1. The summed E-state index contributed by atoms with van der Waals surface area (Å²) in [6.07, 6.45) is 5.86. The lowest BCUT2D eigenvalue weighted by Crippen LogP contribution is -2.36. The van der Waals surface area contributed by atoms with Crippen molar-refractivity contribution in [1.82, 2.24) is 19.9 Å². The van der Waals surface area contributed by atoms with Gasteiger partial charge < -0.3 is 20.6 Å². The van der Waals surface area contributed by atoms with E-state index >= 15 is 0 Å². The number of anilines is 3. The van der Waals surface area contributed by atoms with Crippen LogP contribution >= 0.6 is 0 Å². The Labute approximate surface area is 220 Å². The van der Waals surface area contributed by atoms with E-state index in [4.69, 9.17) is 5.11 Å². The largest absolute Gasteiger partial charge is 0.465 e. The van der Waals surface area contributed by atoms with Gasteiger partial charge in [-0.2, -0.15) is 0 Å². The Kier molecular flexibility index (Phi) is 7.26. The standard InChI is InChI=1S/C29H28N6O3/c1-19-4-9-24(17-26(19)34-28-31-14-10-25(33-28)23-3-2-13-30-18-23)32-27(36)22-7-5-20(6-8-22)21-11-15-35(16-12-21)29(37)38/h2-10,13-14,17-18,21H,11-12,15-16H2,1H3,(H,32,36)(H,37,38)(H,31,33,34). The average Bonchev–Trinajstić information content (AvgIpc) is 2.95. The molecule has 1 aliphatic rings. The average molecular weight is 509 g/mol. The summed E-state index contributed by atoms with van der Waals surface area (Å²) < 4.78 is 0. The Morgan fingerprint density at radius 2 is 1.79 bits per heavy atom. The second-order valence-electron chi connectivity index (χ2n) is 9.28. The van der Waals surface area contributed by atoms with E-state index in [1.54, 1.807) is 18.6 Å².